The van der Waals surface area contributed by atoms with Crippen LogP contribution in [0, 0.1) is 13.8 Å². The predicted octanol–water partition coefficient (Wildman–Crippen LogP) is 5.06. The highest BCUT2D eigenvalue weighted by atomic mass is 35.5. The lowest BCUT2D eigenvalue weighted by Crippen LogP contribution is -2.34. The van der Waals surface area contributed by atoms with Crippen LogP contribution in [0.4, 0.5) is 0 Å². The van der Waals surface area contributed by atoms with Crippen molar-refractivity contribution >= 4 is 29.0 Å². The van der Waals surface area contributed by atoms with Crippen molar-refractivity contribution < 1.29 is 4.79 Å². The molecule has 2 aliphatic rings. The second-order valence-electron chi connectivity index (χ2n) is 7.50. The number of ketones is 1. The quantitative estimate of drug-likeness (QED) is 0.546. The molecule has 0 unspecified atom stereocenters. The minimum atomic E-state index is -0.571. The molecule has 0 bridgehead atoms. The van der Waals surface area contributed by atoms with E-state index in [4.69, 9.17) is 23.2 Å². The summed E-state index contributed by atoms with van der Waals surface area (Å²) in [5.74, 6) is 0.260. The number of carbonyl (C=O) groups is 1. The highest BCUT2D eigenvalue weighted by Gasteiger charge is 2.33. The van der Waals surface area contributed by atoms with Gasteiger partial charge in [-0.3, -0.25) is 9.69 Å². The van der Waals surface area contributed by atoms with Gasteiger partial charge in [-0.1, -0.05) is 6.42 Å². The van der Waals surface area contributed by atoms with Crippen molar-refractivity contribution in [1.82, 2.24) is 9.47 Å². The molecule has 3 nitrogen and oxygen atoms in total. The van der Waals surface area contributed by atoms with E-state index in [1.807, 2.05) is 0 Å². The Bertz CT molecular complexity index is 593. The minimum Gasteiger partial charge on any atom is -0.345 e. The van der Waals surface area contributed by atoms with Crippen molar-refractivity contribution in [3.63, 3.8) is 0 Å². The van der Waals surface area contributed by atoms with Crippen LogP contribution in [0.2, 0.25) is 0 Å². The van der Waals surface area contributed by atoms with Crippen molar-refractivity contribution in [2.45, 2.75) is 69.2 Å². The lowest BCUT2D eigenvalue weighted by Gasteiger charge is -2.33. The standard InChI is InChI=1S/C19H28Cl2N2O/c1-14-12-17(18(24)13-22-10-4-3-5-11-22)15(2)23(14)16-6-8-19(20,21)9-7-16/h12,16H,3-11,13H2,1-2H3. The van der Waals surface area contributed by atoms with Gasteiger partial charge in [-0.05, 0) is 71.5 Å². The van der Waals surface area contributed by atoms with E-state index in [9.17, 15) is 4.79 Å². The van der Waals surface area contributed by atoms with Gasteiger partial charge in [-0.25, -0.2) is 0 Å². The summed E-state index contributed by atoms with van der Waals surface area (Å²) in [5, 5.41) is 0. The first kappa shape index (κ1) is 18.3. The lowest BCUT2D eigenvalue weighted by molar-refractivity contribution is 0.0915. The van der Waals surface area contributed by atoms with Crippen LogP contribution in [-0.2, 0) is 0 Å². The summed E-state index contributed by atoms with van der Waals surface area (Å²) in [6.07, 6.45) is 7.31. The Kier molecular flexibility index (Phi) is 5.63. The third-order valence-corrected chi connectivity index (χ3v) is 6.41. The number of piperidine rings is 1. The molecule has 2 heterocycles. The van der Waals surface area contributed by atoms with Crippen molar-refractivity contribution in [3.8, 4) is 0 Å². The number of rotatable bonds is 4. The molecular weight excluding hydrogens is 343 g/mol. The average molecular weight is 371 g/mol. The van der Waals surface area contributed by atoms with Gasteiger partial charge in [-0.15, -0.1) is 23.2 Å². The third kappa shape index (κ3) is 4.00. The Morgan fingerprint density at radius 3 is 2.42 bits per heavy atom. The van der Waals surface area contributed by atoms with Gasteiger partial charge in [0.15, 0.2) is 5.78 Å². The highest BCUT2D eigenvalue weighted by Crippen LogP contribution is 2.43. The maximum atomic E-state index is 12.8. The average Bonchev–Trinajstić information content (AvgIpc) is 2.84. The number of Topliss-reactive ketones (excluding diaryl/α,β-unsaturated/α-hetero) is 1. The molecule has 2 fully saturated rings. The van der Waals surface area contributed by atoms with Crippen LogP contribution in [-0.4, -0.2) is 39.2 Å². The van der Waals surface area contributed by atoms with E-state index in [1.54, 1.807) is 0 Å². The van der Waals surface area contributed by atoms with Gasteiger partial charge in [0.25, 0.3) is 0 Å². The Morgan fingerprint density at radius 2 is 1.79 bits per heavy atom. The molecule has 1 saturated carbocycles. The molecule has 0 radical (unpaired) electrons. The van der Waals surface area contributed by atoms with Gasteiger partial charge in [0.05, 0.1) is 6.54 Å². The zero-order valence-corrected chi connectivity index (χ0v) is 16.3. The highest BCUT2D eigenvalue weighted by molar-refractivity contribution is 6.48. The number of aromatic nitrogens is 1. The number of halogens is 2. The van der Waals surface area contributed by atoms with E-state index in [-0.39, 0.29) is 5.78 Å². The van der Waals surface area contributed by atoms with E-state index < -0.39 is 4.33 Å². The summed E-state index contributed by atoms with van der Waals surface area (Å²) < 4.78 is 1.77. The molecular formula is C19H28Cl2N2O. The van der Waals surface area contributed by atoms with Gasteiger partial charge < -0.3 is 4.57 Å². The van der Waals surface area contributed by atoms with E-state index in [0.717, 1.165) is 50.0 Å². The van der Waals surface area contributed by atoms with Gasteiger partial charge in [-0.2, -0.15) is 0 Å². The fraction of sp³-hybridized carbons (Fsp3) is 0.737. The molecule has 1 aromatic rings. The van der Waals surface area contributed by atoms with Gasteiger partial charge in [0.1, 0.15) is 4.33 Å². The number of carbonyl (C=O) groups excluding carboxylic acids is 1. The zero-order chi connectivity index (χ0) is 17.3. The first-order valence-corrected chi connectivity index (χ1v) is 9.95. The normalized spacial score (nSPS) is 22.7. The maximum Gasteiger partial charge on any atom is 0.178 e. The molecule has 1 saturated heterocycles. The number of alkyl halides is 2. The summed E-state index contributed by atoms with van der Waals surface area (Å²) in [5.41, 5.74) is 3.18. The minimum absolute atomic E-state index is 0.260. The van der Waals surface area contributed by atoms with Crippen LogP contribution in [0.1, 0.15) is 72.7 Å². The number of nitrogens with zero attached hydrogens (tertiary/aromatic N) is 2. The molecule has 0 atom stereocenters. The SMILES string of the molecule is Cc1cc(C(=O)CN2CCCCC2)c(C)n1C1CCC(Cl)(Cl)CC1. The van der Waals surface area contributed by atoms with Crippen LogP contribution in [0.25, 0.3) is 0 Å². The Labute approximate surface area is 155 Å². The van der Waals surface area contributed by atoms with Gasteiger partial charge in [0, 0.05) is 23.0 Å². The topological polar surface area (TPSA) is 25.2 Å². The Morgan fingerprint density at radius 1 is 1.17 bits per heavy atom. The number of aryl methyl sites for hydroxylation is 1. The van der Waals surface area contributed by atoms with E-state index in [1.165, 1.54) is 25.0 Å². The summed E-state index contributed by atoms with van der Waals surface area (Å²) in [6, 6.07) is 2.48. The summed E-state index contributed by atoms with van der Waals surface area (Å²) in [7, 11) is 0. The third-order valence-electron chi connectivity index (χ3n) is 5.65. The first-order valence-electron chi connectivity index (χ1n) is 9.19. The van der Waals surface area contributed by atoms with Crippen molar-refractivity contribution in [2.75, 3.05) is 19.6 Å². The largest absolute Gasteiger partial charge is 0.345 e. The van der Waals surface area contributed by atoms with Crippen LogP contribution in [0.5, 0.6) is 0 Å². The molecule has 134 valence electrons. The van der Waals surface area contributed by atoms with Crippen LogP contribution >= 0.6 is 23.2 Å². The smallest absolute Gasteiger partial charge is 0.178 e. The molecule has 0 spiro atoms. The van der Waals surface area contributed by atoms with E-state index in [0.29, 0.717) is 12.6 Å². The van der Waals surface area contributed by atoms with Gasteiger partial charge in [0.2, 0.25) is 0 Å². The molecule has 0 aromatic carbocycles. The molecule has 5 heteroatoms. The second-order valence-corrected chi connectivity index (χ2v) is 9.14. The molecule has 3 rings (SSSR count). The van der Waals surface area contributed by atoms with Crippen molar-refractivity contribution in [2.24, 2.45) is 0 Å². The molecule has 1 aromatic heterocycles. The van der Waals surface area contributed by atoms with Crippen LogP contribution < -0.4 is 0 Å². The summed E-state index contributed by atoms with van der Waals surface area (Å²) in [6.45, 7) is 6.86. The Balaban J connectivity index is 1.73. The second kappa shape index (κ2) is 7.39. The molecule has 24 heavy (non-hydrogen) atoms. The molecule has 1 aliphatic carbocycles. The molecule has 0 N–H and O–H groups in total. The summed E-state index contributed by atoms with van der Waals surface area (Å²) in [4.78, 5) is 15.1. The lowest BCUT2D eigenvalue weighted by atomic mass is 9.94. The zero-order valence-electron chi connectivity index (χ0n) is 14.8. The molecule has 0 amide bonds. The van der Waals surface area contributed by atoms with Crippen LogP contribution in [0.3, 0.4) is 0 Å². The monoisotopic (exact) mass is 370 g/mol. The van der Waals surface area contributed by atoms with Crippen LogP contribution in [0.15, 0.2) is 6.07 Å². The fourth-order valence-electron chi connectivity index (χ4n) is 4.31. The number of hydrogen-bond donors (Lipinski definition) is 0. The Hall–Kier alpha value is -0.510. The van der Waals surface area contributed by atoms with Crippen molar-refractivity contribution in [1.29, 1.82) is 0 Å². The maximum absolute atomic E-state index is 12.8. The number of likely N-dealkylation sites (tertiary alicyclic amines) is 1. The first-order chi connectivity index (χ1) is 11.4. The predicted molar refractivity (Wildman–Crippen MR) is 100 cm³/mol. The summed E-state index contributed by atoms with van der Waals surface area (Å²) >= 11 is 12.5. The van der Waals surface area contributed by atoms with E-state index >= 15 is 0 Å². The number of hydrogen-bond acceptors (Lipinski definition) is 2. The van der Waals surface area contributed by atoms with E-state index in [2.05, 4.69) is 29.4 Å². The fourth-order valence-corrected chi connectivity index (χ4v) is 4.75. The van der Waals surface area contributed by atoms with Crippen molar-refractivity contribution in [3.05, 3.63) is 23.0 Å². The molecule has 1 aliphatic heterocycles. The van der Waals surface area contributed by atoms with Gasteiger partial charge >= 0.3 is 0 Å².